The van der Waals surface area contributed by atoms with Crippen molar-refractivity contribution in [3.8, 4) is 0 Å². The topological polar surface area (TPSA) is 12.0 Å². The van der Waals surface area contributed by atoms with Crippen LogP contribution in [0.3, 0.4) is 0 Å². The maximum Gasteiger partial charge on any atom is 0.0462 e. The maximum absolute atomic E-state index is 6.18. The molecule has 1 saturated carbocycles. The van der Waals surface area contributed by atoms with Crippen molar-refractivity contribution >= 4 is 27.5 Å². The summed E-state index contributed by atoms with van der Waals surface area (Å²) in [6, 6.07) is 6.78. The van der Waals surface area contributed by atoms with Crippen LogP contribution in [0.25, 0.3) is 0 Å². The molecular formula is C13H17BrClN. The van der Waals surface area contributed by atoms with Crippen molar-refractivity contribution in [3.63, 3.8) is 0 Å². The highest BCUT2D eigenvalue weighted by molar-refractivity contribution is 9.10. The largest absolute Gasteiger partial charge is 0.310 e. The van der Waals surface area contributed by atoms with Gasteiger partial charge in [0.1, 0.15) is 0 Å². The van der Waals surface area contributed by atoms with Gasteiger partial charge in [0.25, 0.3) is 0 Å². The second-order valence-corrected chi connectivity index (χ2v) is 5.77. The Morgan fingerprint density at radius 2 is 2.00 bits per heavy atom. The van der Waals surface area contributed by atoms with Crippen LogP contribution < -0.4 is 5.32 Å². The van der Waals surface area contributed by atoms with Crippen LogP contribution in [-0.2, 0) is 6.54 Å². The molecule has 0 unspecified atom stereocenters. The smallest absolute Gasteiger partial charge is 0.0462 e. The van der Waals surface area contributed by atoms with Gasteiger partial charge in [0.15, 0.2) is 0 Å². The lowest BCUT2D eigenvalue weighted by Crippen LogP contribution is -2.30. The molecule has 0 atom stereocenters. The molecule has 1 nitrogen and oxygen atoms in total. The Kier molecular flexibility index (Phi) is 4.68. The first-order valence-corrected chi connectivity index (χ1v) is 7.10. The number of benzene rings is 1. The van der Waals surface area contributed by atoms with Crippen LogP contribution in [-0.4, -0.2) is 6.04 Å². The first kappa shape index (κ1) is 12.4. The molecule has 0 radical (unpaired) electrons. The summed E-state index contributed by atoms with van der Waals surface area (Å²) in [6.07, 6.45) is 6.76. The fourth-order valence-electron chi connectivity index (χ4n) is 2.23. The van der Waals surface area contributed by atoms with Gasteiger partial charge in [0, 0.05) is 22.1 Å². The van der Waals surface area contributed by atoms with Crippen molar-refractivity contribution < 1.29 is 0 Å². The van der Waals surface area contributed by atoms with E-state index in [4.69, 9.17) is 11.6 Å². The van der Waals surface area contributed by atoms with E-state index in [1.807, 2.05) is 12.1 Å². The summed E-state index contributed by atoms with van der Waals surface area (Å²) in [6.45, 7) is 0.886. The molecule has 0 aliphatic heterocycles. The molecular weight excluding hydrogens is 286 g/mol. The van der Waals surface area contributed by atoms with Gasteiger partial charge in [0.2, 0.25) is 0 Å². The molecule has 1 aliphatic carbocycles. The zero-order valence-corrected chi connectivity index (χ0v) is 11.6. The normalized spacial score (nSPS) is 17.6. The zero-order chi connectivity index (χ0) is 11.4. The van der Waals surface area contributed by atoms with Crippen molar-refractivity contribution in [2.24, 2.45) is 0 Å². The maximum atomic E-state index is 6.18. The summed E-state index contributed by atoms with van der Waals surface area (Å²) in [5, 5.41) is 4.44. The molecule has 0 heterocycles. The van der Waals surface area contributed by atoms with Crippen LogP contribution in [0.4, 0.5) is 0 Å². The summed E-state index contributed by atoms with van der Waals surface area (Å²) >= 11 is 9.60. The average Bonchev–Trinajstić information content (AvgIpc) is 2.29. The zero-order valence-electron chi connectivity index (χ0n) is 9.31. The van der Waals surface area contributed by atoms with E-state index in [2.05, 4.69) is 27.3 Å². The minimum absolute atomic E-state index is 0.688. The second-order valence-electron chi connectivity index (χ2n) is 4.45. The van der Waals surface area contributed by atoms with E-state index in [-0.39, 0.29) is 0 Å². The Morgan fingerprint density at radius 1 is 1.25 bits per heavy atom. The van der Waals surface area contributed by atoms with E-state index in [0.717, 1.165) is 16.0 Å². The van der Waals surface area contributed by atoms with Gasteiger partial charge >= 0.3 is 0 Å². The van der Waals surface area contributed by atoms with Gasteiger partial charge in [-0.25, -0.2) is 0 Å². The molecule has 1 aliphatic rings. The van der Waals surface area contributed by atoms with E-state index >= 15 is 0 Å². The van der Waals surface area contributed by atoms with Gasteiger partial charge in [-0.05, 0) is 30.5 Å². The molecule has 1 N–H and O–H groups in total. The summed E-state index contributed by atoms with van der Waals surface area (Å²) < 4.78 is 1.04. The first-order valence-electron chi connectivity index (χ1n) is 5.93. The number of hydrogen-bond acceptors (Lipinski definition) is 1. The highest BCUT2D eigenvalue weighted by Crippen LogP contribution is 2.22. The predicted molar refractivity (Wildman–Crippen MR) is 72.9 cm³/mol. The van der Waals surface area contributed by atoms with Crippen LogP contribution in [0.15, 0.2) is 22.7 Å². The van der Waals surface area contributed by atoms with Gasteiger partial charge in [0.05, 0.1) is 0 Å². The molecule has 1 aromatic rings. The Labute approximate surface area is 111 Å². The lowest BCUT2D eigenvalue weighted by molar-refractivity contribution is 0.372. The van der Waals surface area contributed by atoms with Crippen LogP contribution in [0.1, 0.15) is 37.7 Å². The molecule has 0 spiro atoms. The quantitative estimate of drug-likeness (QED) is 0.865. The van der Waals surface area contributed by atoms with E-state index in [1.165, 1.54) is 37.7 Å². The van der Waals surface area contributed by atoms with Crippen LogP contribution >= 0.6 is 27.5 Å². The number of halogens is 2. The molecule has 88 valence electrons. The minimum atomic E-state index is 0.688. The molecule has 0 aromatic heterocycles. The van der Waals surface area contributed by atoms with E-state index in [9.17, 15) is 0 Å². The highest BCUT2D eigenvalue weighted by Gasteiger charge is 2.12. The van der Waals surface area contributed by atoms with Gasteiger partial charge in [-0.2, -0.15) is 0 Å². The monoisotopic (exact) mass is 301 g/mol. The van der Waals surface area contributed by atoms with Gasteiger partial charge in [-0.15, -0.1) is 0 Å². The molecule has 16 heavy (non-hydrogen) atoms. The number of nitrogens with one attached hydrogen (secondary N) is 1. The molecule has 1 aromatic carbocycles. The van der Waals surface area contributed by atoms with Crippen molar-refractivity contribution in [1.29, 1.82) is 0 Å². The van der Waals surface area contributed by atoms with Crippen LogP contribution in [0.5, 0.6) is 0 Å². The molecule has 2 rings (SSSR count). The van der Waals surface area contributed by atoms with Crippen molar-refractivity contribution in [2.75, 3.05) is 0 Å². The fraction of sp³-hybridized carbons (Fsp3) is 0.538. The Morgan fingerprint density at radius 3 is 2.69 bits per heavy atom. The molecule has 0 saturated heterocycles. The summed E-state index contributed by atoms with van der Waals surface area (Å²) in [7, 11) is 0. The Hall–Kier alpha value is -0.0500. The average molecular weight is 303 g/mol. The van der Waals surface area contributed by atoms with Gasteiger partial charge < -0.3 is 5.32 Å². The summed E-state index contributed by atoms with van der Waals surface area (Å²) in [5.41, 5.74) is 1.19. The molecule has 3 heteroatoms. The lowest BCUT2D eigenvalue weighted by Gasteiger charge is -2.23. The van der Waals surface area contributed by atoms with Crippen molar-refractivity contribution in [3.05, 3.63) is 33.3 Å². The van der Waals surface area contributed by atoms with Gasteiger partial charge in [-0.3, -0.25) is 0 Å². The van der Waals surface area contributed by atoms with E-state index < -0.39 is 0 Å². The third-order valence-corrected chi connectivity index (χ3v) is 4.05. The third kappa shape index (κ3) is 3.47. The second kappa shape index (κ2) is 6.04. The first-order chi connectivity index (χ1) is 7.75. The molecule has 1 fully saturated rings. The SMILES string of the molecule is Clc1cc(Br)ccc1CNC1CCCCC1. The fourth-order valence-corrected chi connectivity index (χ4v) is 2.97. The Balaban J connectivity index is 1.88. The van der Waals surface area contributed by atoms with Crippen molar-refractivity contribution in [1.82, 2.24) is 5.32 Å². The molecule has 0 amide bonds. The number of rotatable bonds is 3. The van der Waals surface area contributed by atoms with Crippen molar-refractivity contribution in [2.45, 2.75) is 44.7 Å². The predicted octanol–water partition coefficient (Wildman–Crippen LogP) is 4.52. The van der Waals surface area contributed by atoms with E-state index in [1.54, 1.807) is 0 Å². The summed E-state index contributed by atoms with van der Waals surface area (Å²) in [5.74, 6) is 0. The minimum Gasteiger partial charge on any atom is -0.310 e. The van der Waals surface area contributed by atoms with Gasteiger partial charge in [-0.1, -0.05) is 52.9 Å². The standard InChI is InChI=1S/C13H17BrClN/c14-11-7-6-10(13(15)8-11)9-16-12-4-2-1-3-5-12/h6-8,12,16H,1-5,9H2. The van der Waals surface area contributed by atoms with Crippen LogP contribution in [0, 0.1) is 0 Å². The molecule has 0 bridgehead atoms. The van der Waals surface area contributed by atoms with E-state index in [0.29, 0.717) is 6.04 Å². The highest BCUT2D eigenvalue weighted by atomic mass is 79.9. The Bertz CT molecular complexity index is 348. The van der Waals surface area contributed by atoms with Crippen LogP contribution in [0.2, 0.25) is 5.02 Å². The third-order valence-electron chi connectivity index (χ3n) is 3.20. The lowest BCUT2D eigenvalue weighted by atomic mass is 9.95. The number of hydrogen-bond donors (Lipinski definition) is 1. The summed E-state index contributed by atoms with van der Waals surface area (Å²) in [4.78, 5) is 0.